The number of thioether (sulfide) groups is 1. The quantitative estimate of drug-likeness (QED) is 0.643. The number of aryl methyl sites for hydroxylation is 1. The van der Waals surface area contributed by atoms with Crippen LogP contribution in [0.1, 0.15) is 17.5 Å². The second-order valence-electron chi connectivity index (χ2n) is 6.01. The van der Waals surface area contributed by atoms with Gasteiger partial charge in [-0.3, -0.25) is 9.59 Å². The Morgan fingerprint density at radius 3 is 2.68 bits per heavy atom. The van der Waals surface area contributed by atoms with Crippen molar-refractivity contribution in [3.8, 4) is 11.5 Å². The van der Waals surface area contributed by atoms with E-state index in [9.17, 15) is 14.7 Å². The van der Waals surface area contributed by atoms with E-state index >= 15 is 0 Å². The maximum atomic E-state index is 12.2. The van der Waals surface area contributed by atoms with Crippen LogP contribution in [0, 0.1) is 6.92 Å². The highest BCUT2D eigenvalue weighted by molar-refractivity contribution is 8.18. The van der Waals surface area contributed by atoms with Crippen molar-refractivity contribution in [3.05, 3.63) is 58.5 Å². The molecule has 3 rings (SSSR count). The molecule has 0 atom stereocenters. The number of nitrogens with zero attached hydrogens (tertiary/aromatic N) is 1. The summed E-state index contributed by atoms with van der Waals surface area (Å²) in [4.78, 5) is 27.6. The van der Waals surface area contributed by atoms with E-state index in [2.05, 4.69) is 10.3 Å². The van der Waals surface area contributed by atoms with Gasteiger partial charge in [-0.1, -0.05) is 12.1 Å². The fourth-order valence-electron chi connectivity index (χ4n) is 2.42. The molecule has 0 saturated carbocycles. The van der Waals surface area contributed by atoms with E-state index in [1.165, 1.54) is 11.8 Å². The topological polar surface area (TPSA) is 108 Å². The van der Waals surface area contributed by atoms with E-state index in [1.54, 1.807) is 48.5 Å². The highest BCUT2D eigenvalue weighted by Crippen LogP contribution is 2.30. The van der Waals surface area contributed by atoms with Gasteiger partial charge in [0.05, 0.1) is 23.6 Å². The molecule has 8 heteroatoms. The number of phenols is 1. The lowest BCUT2D eigenvalue weighted by atomic mass is 10.2. The van der Waals surface area contributed by atoms with E-state index < -0.39 is 5.97 Å². The van der Waals surface area contributed by atoms with Crippen molar-refractivity contribution in [2.75, 3.05) is 6.61 Å². The van der Waals surface area contributed by atoms with E-state index in [-0.39, 0.29) is 24.7 Å². The van der Waals surface area contributed by atoms with Gasteiger partial charge < -0.3 is 20.3 Å². The van der Waals surface area contributed by atoms with E-state index in [0.29, 0.717) is 21.5 Å². The van der Waals surface area contributed by atoms with E-state index in [1.807, 2.05) is 6.92 Å². The number of ether oxygens (including phenoxy) is 1. The third-order valence-electron chi connectivity index (χ3n) is 3.82. The SMILES string of the molecule is Cc1cc(O)ccc1N=C1NC(=O)/C(=C\c2ccc(OCCC(=O)O)cc2)S1. The van der Waals surface area contributed by atoms with Crippen LogP contribution in [0.2, 0.25) is 0 Å². The summed E-state index contributed by atoms with van der Waals surface area (Å²) in [5.41, 5.74) is 2.29. The van der Waals surface area contributed by atoms with Crippen LogP contribution in [-0.2, 0) is 9.59 Å². The number of amides is 1. The molecule has 0 spiro atoms. The lowest BCUT2D eigenvalue weighted by molar-refractivity contribution is -0.137. The fraction of sp³-hybridized carbons (Fsp3) is 0.150. The number of phenolic OH excluding ortho intramolecular Hbond substituents is 1. The van der Waals surface area contributed by atoms with Crippen molar-refractivity contribution in [1.29, 1.82) is 0 Å². The van der Waals surface area contributed by atoms with Crippen LogP contribution >= 0.6 is 11.8 Å². The maximum absolute atomic E-state index is 12.2. The third-order valence-corrected chi connectivity index (χ3v) is 4.73. The van der Waals surface area contributed by atoms with Gasteiger partial charge in [-0.2, -0.15) is 0 Å². The number of aliphatic imine (C=N–C) groups is 1. The highest BCUT2D eigenvalue weighted by Gasteiger charge is 2.24. The first-order valence-electron chi connectivity index (χ1n) is 8.44. The Morgan fingerprint density at radius 1 is 1.25 bits per heavy atom. The number of benzene rings is 2. The van der Waals surface area contributed by atoms with Gasteiger partial charge in [0.2, 0.25) is 0 Å². The summed E-state index contributed by atoms with van der Waals surface area (Å²) in [6.45, 7) is 1.93. The van der Waals surface area contributed by atoms with E-state index in [0.717, 1.165) is 11.1 Å². The second-order valence-corrected chi connectivity index (χ2v) is 7.04. The molecular weight excluding hydrogens is 380 g/mol. The first-order valence-corrected chi connectivity index (χ1v) is 9.26. The van der Waals surface area contributed by atoms with Crippen molar-refractivity contribution in [1.82, 2.24) is 5.32 Å². The Bertz CT molecular complexity index is 967. The lowest BCUT2D eigenvalue weighted by Crippen LogP contribution is -2.19. The zero-order valence-electron chi connectivity index (χ0n) is 15.0. The Labute approximate surface area is 165 Å². The van der Waals surface area contributed by atoms with Crippen LogP contribution in [0.15, 0.2) is 52.4 Å². The molecule has 0 aliphatic carbocycles. The number of carbonyl (C=O) groups excluding carboxylic acids is 1. The summed E-state index contributed by atoms with van der Waals surface area (Å²) in [6, 6.07) is 11.9. The molecule has 2 aromatic rings. The minimum Gasteiger partial charge on any atom is -0.508 e. The first kappa shape index (κ1) is 19.5. The second kappa shape index (κ2) is 8.62. The smallest absolute Gasteiger partial charge is 0.306 e. The first-order chi connectivity index (χ1) is 13.4. The van der Waals surface area contributed by atoms with Crippen LogP contribution in [-0.4, -0.2) is 33.9 Å². The zero-order chi connectivity index (χ0) is 20.1. The van der Waals surface area contributed by atoms with Gasteiger partial charge in [-0.25, -0.2) is 4.99 Å². The van der Waals surface area contributed by atoms with Crippen LogP contribution in [0.4, 0.5) is 5.69 Å². The third kappa shape index (κ3) is 5.14. The summed E-state index contributed by atoms with van der Waals surface area (Å²) in [5, 5.41) is 21.3. The van der Waals surface area contributed by atoms with Gasteiger partial charge in [0.1, 0.15) is 11.5 Å². The molecule has 1 aliphatic rings. The summed E-state index contributed by atoms with van der Waals surface area (Å²) >= 11 is 1.23. The lowest BCUT2D eigenvalue weighted by Gasteiger charge is -2.04. The van der Waals surface area contributed by atoms with Gasteiger partial charge in [0, 0.05) is 0 Å². The fourth-order valence-corrected chi connectivity index (χ4v) is 3.26. The van der Waals surface area contributed by atoms with Gasteiger partial charge in [-0.05, 0) is 66.2 Å². The van der Waals surface area contributed by atoms with Gasteiger partial charge >= 0.3 is 5.97 Å². The minimum atomic E-state index is -0.911. The molecule has 2 aromatic carbocycles. The zero-order valence-corrected chi connectivity index (χ0v) is 15.8. The van der Waals surface area contributed by atoms with Crippen molar-refractivity contribution < 1.29 is 24.5 Å². The van der Waals surface area contributed by atoms with Crippen LogP contribution in [0.3, 0.4) is 0 Å². The predicted octanol–water partition coefficient (Wildman–Crippen LogP) is 3.45. The molecule has 1 amide bonds. The monoisotopic (exact) mass is 398 g/mol. The standard InChI is InChI=1S/C20H18N2O5S/c1-12-10-14(23)4-7-16(12)21-20-22-19(26)17(28-20)11-13-2-5-15(6-3-13)27-9-8-18(24)25/h2-7,10-11,23H,8-9H2,1H3,(H,24,25)(H,21,22,26)/b17-11+. The summed E-state index contributed by atoms with van der Waals surface area (Å²) in [6.07, 6.45) is 1.68. The number of aliphatic carboxylic acids is 1. The minimum absolute atomic E-state index is 0.0643. The number of carbonyl (C=O) groups is 2. The molecule has 1 aliphatic heterocycles. The molecule has 1 fully saturated rings. The average Bonchev–Trinajstić information content (AvgIpc) is 2.98. The Morgan fingerprint density at radius 2 is 2.00 bits per heavy atom. The molecule has 0 unspecified atom stereocenters. The molecule has 1 saturated heterocycles. The number of carboxylic acid groups (broad SMARTS) is 1. The Balaban J connectivity index is 1.68. The normalized spacial score (nSPS) is 16.4. The Hall–Kier alpha value is -3.26. The van der Waals surface area contributed by atoms with Crippen molar-refractivity contribution in [3.63, 3.8) is 0 Å². The number of rotatable bonds is 6. The van der Waals surface area contributed by atoms with Crippen molar-refractivity contribution in [2.45, 2.75) is 13.3 Å². The predicted molar refractivity (Wildman–Crippen MR) is 108 cm³/mol. The molecule has 3 N–H and O–H groups in total. The number of carboxylic acids is 1. The van der Waals surface area contributed by atoms with Crippen LogP contribution < -0.4 is 10.1 Å². The molecule has 1 heterocycles. The number of hydrogen-bond acceptors (Lipinski definition) is 6. The van der Waals surface area contributed by atoms with Crippen LogP contribution in [0.25, 0.3) is 6.08 Å². The van der Waals surface area contributed by atoms with Gasteiger partial charge in [0.25, 0.3) is 5.91 Å². The summed E-state index contributed by atoms with van der Waals surface area (Å²) in [5.74, 6) is -0.412. The van der Waals surface area contributed by atoms with Gasteiger partial charge in [-0.15, -0.1) is 0 Å². The van der Waals surface area contributed by atoms with Crippen molar-refractivity contribution >= 4 is 40.6 Å². The molecule has 28 heavy (non-hydrogen) atoms. The molecular formula is C20H18N2O5S. The van der Waals surface area contributed by atoms with Crippen LogP contribution in [0.5, 0.6) is 11.5 Å². The maximum Gasteiger partial charge on any atom is 0.306 e. The largest absolute Gasteiger partial charge is 0.508 e. The molecule has 0 aromatic heterocycles. The molecule has 7 nitrogen and oxygen atoms in total. The Kier molecular flexibility index (Phi) is 6.00. The number of aromatic hydroxyl groups is 1. The number of amidine groups is 1. The van der Waals surface area contributed by atoms with Gasteiger partial charge in [0.15, 0.2) is 5.17 Å². The summed E-state index contributed by atoms with van der Waals surface area (Å²) in [7, 11) is 0. The average molecular weight is 398 g/mol. The highest BCUT2D eigenvalue weighted by atomic mass is 32.2. The number of hydrogen-bond donors (Lipinski definition) is 3. The molecule has 0 bridgehead atoms. The molecule has 0 radical (unpaired) electrons. The molecule has 144 valence electrons. The number of nitrogens with one attached hydrogen (secondary N) is 1. The van der Waals surface area contributed by atoms with Crippen molar-refractivity contribution in [2.24, 2.45) is 4.99 Å². The van der Waals surface area contributed by atoms with E-state index in [4.69, 9.17) is 9.84 Å². The summed E-state index contributed by atoms with van der Waals surface area (Å²) < 4.78 is 5.34.